The fourth-order valence-corrected chi connectivity index (χ4v) is 1.01. The van der Waals surface area contributed by atoms with Gasteiger partial charge < -0.3 is 15.6 Å². The van der Waals surface area contributed by atoms with E-state index in [-0.39, 0.29) is 23.6 Å². The first-order chi connectivity index (χ1) is 7.06. The molecule has 4 nitrogen and oxygen atoms in total. The van der Waals surface area contributed by atoms with Crippen molar-refractivity contribution in [3.8, 4) is 18.1 Å². The van der Waals surface area contributed by atoms with Crippen molar-refractivity contribution in [2.75, 3.05) is 12.3 Å². The van der Waals surface area contributed by atoms with Gasteiger partial charge in [-0.2, -0.15) is 0 Å². The number of carboxylic acids is 1. The van der Waals surface area contributed by atoms with Crippen molar-refractivity contribution in [2.24, 2.45) is 0 Å². The number of hydrogen-bond acceptors (Lipinski definition) is 3. The van der Waals surface area contributed by atoms with Crippen LogP contribution in [0.1, 0.15) is 10.4 Å². The molecule has 0 spiro atoms. The largest absolute Gasteiger partial charge is 0.479 e. The molecule has 0 aliphatic rings. The Bertz CT molecular complexity index is 437. The Morgan fingerprint density at radius 1 is 1.67 bits per heavy atom. The molecule has 15 heavy (non-hydrogen) atoms. The van der Waals surface area contributed by atoms with Gasteiger partial charge in [-0.05, 0) is 6.07 Å². The van der Waals surface area contributed by atoms with Crippen molar-refractivity contribution < 1.29 is 19.0 Å². The van der Waals surface area contributed by atoms with E-state index in [4.69, 9.17) is 22.0 Å². The van der Waals surface area contributed by atoms with Crippen molar-refractivity contribution in [3.63, 3.8) is 0 Å². The highest BCUT2D eigenvalue weighted by atomic mass is 19.1. The number of hydrogen-bond donors (Lipinski definition) is 2. The van der Waals surface area contributed by atoms with Gasteiger partial charge in [-0.1, -0.05) is 5.92 Å². The van der Waals surface area contributed by atoms with E-state index in [1.54, 1.807) is 0 Å². The van der Waals surface area contributed by atoms with Crippen LogP contribution in [-0.4, -0.2) is 17.7 Å². The van der Waals surface area contributed by atoms with Crippen LogP contribution in [-0.2, 0) is 0 Å². The second-order valence-electron chi connectivity index (χ2n) is 2.66. The summed E-state index contributed by atoms with van der Waals surface area (Å²) in [6.07, 6.45) is 4.94. The van der Waals surface area contributed by atoms with Crippen LogP contribution in [0.3, 0.4) is 0 Å². The van der Waals surface area contributed by atoms with Gasteiger partial charge >= 0.3 is 5.97 Å². The van der Waals surface area contributed by atoms with Gasteiger partial charge in [-0.3, -0.25) is 0 Å². The van der Waals surface area contributed by atoms with Gasteiger partial charge in [0, 0.05) is 6.07 Å². The lowest BCUT2D eigenvalue weighted by Crippen LogP contribution is -2.06. The second kappa shape index (κ2) is 4.33. The predicted molar refractivity (Wildman–Crippen MR) is 52.1 cm³/mol. The lowest BCUT2D eigenvalue weighted by Gasteiger charge is -2.08. The summed E-state index contributed by atoms with van der Waals surface area (Å²) in [5.74, 6) is 0.0357. The fourth-order valence-electron chi connectivity index (χ4n) is 1.01. The molecule has 78 valence electrons. The first-order valence-electron chi connectivity index (χ1n) is 3.95. The zero-order valence-corrected chi connectivity index (χ0v) is 7.66. The van der Waals surface area contributed by atoms with Crippen LogP contribution in [0.2, 0.25) is 0 Å². The van der Waals surface area contributed by atoms with E-state index in [1.165, 1.54) is 0 Å². The van der Waals surface area contributed by atoms with Crippen molar-refractivity contribution in [1.29, 1.82) is 0 Å². The highest BCUT2D eigenvalue weighted by Crippen LogP contribution is 2.26. The van der Waals surface area contributed by atoms with Crippen LogP contribution in [0.25, 0.3) is 0 Å². The summed E-state index contributed by atoms with van der Waals surface area (Å²) in [5, 5.41) is 8.70. The van der Waals surface area contributed by atoms with Crippen molar-refractivity contribution >= 4 is 11.7 Å². The van der Waals surface area contributed by atoms with Gasteiger partial charge in [0.1, 0.15) is 18.2 Å². The molecule has 0 saturated heterocycles. The summed E-state index contributed by atoms with van der Waals surface area (Å²) in [5.41, 5.74) is 4.97. The molecule has 0 aliphatic heterocycles. The number of benzene rings is 1. The first-order valence-corrected chi connectivity index (χ1v) is 3.95. The fraction of sp³-hybridized carbons (Fsp3) is 0.100. The number of halogens is 1. The molecule has 1 rings (SSSR count). The molecule has 0 radical (unpaired) electrons. The third-order valence-corrected chi connectivity index (χ3v) is 1.65. The molecule has 0 unspecified atom stereocenters. The van der Waals surface area contributed by atoms with Crippen LogP contribution < -0.4 is 10.5 Å². The Balaban J connectivity index is 3.17. The third-order valence-electron chi connectivity index (χ3n) is 1.65. The minimum Gasteiger partial charge on any atom is -0.479 e. The van der Waals surface area contributed by atoms with Crippen LogP contribution in [0.5, 0.6) is 5.75 Å². The topological polar surface area (TPSA) is 72.5 Å². The number of carbonyl (C=O) groups is 1. The highest BCUT2D eigenvalue weighted by molar-refractivity contribution is 5.95. The number of anilines is 1. The summed E-state index contributed by atoms with van der Waals surface area (Å²) in [6, 6.07) is 1.81. The monoisotopic (exact) mass is 209 g/mol. The van der Waals surface area contributed by atoms with E-state index in [0.29, 0.717) is 0 Å². The Morgan fingerprint density at radius 3 is 2.87 bits per heavy atom. The molecule has 0 heterocycles. The normalized spacial score (nSPS) is 9.33. The molecule has 0 bridgehead atoms. The predicted octanol–water partition coefficient (Wildman–Crippen LogP) is 1.12. The molecule has 0 fully saturated rings. The van der Waals surface area contributed by atoms with Gasteiger partial charge in [0.25, 0.3) is 0 Å². The van der Waals surface area contributed by atoms with Crippen molar-refractivity contribution in [1.82, 2.24) is 0 Å². The standard InChI is InChI=1S/C10H8FNO3/c1-2-3-15-8-5-6(11)4-7(9(8)12)10(13)14/h1,4-5H,3,12H2,(H,13,14). The number of aromatic carboxylic acids is 1. The summed E-state index contributed by atoms with van der Waals surface area (Å²) in [7, 11) is 0. The van der Waals surface area contributed by atoms with E-state index in [1.807, 2.05) is 0 Å². The molecule has 0 aromatic heterocycles. The van der Waals surface area contributed by atoms with Gasteiger partial charge in [-0.25, -0.2) is 9.18 Å². The molecule has 0 saturated carbocycles. The number of nitrogen functional groups attached to an aromatic ring is 1. The molecule has 0 aliphatic carbocycles. The van der Waals surface area contributed by atoms with Crippen molar-refractivity contribution in [3.05, 3.63) is 23.5 Å². The number of carboxylic acid groups (broad SMARTS) is 1. The molecular weight excluding hydrogens is 201 g/mol. The Labute approximate surface area is 85.5 Å². The van der Waals surface area contributed by atoms with Gasteiger partial charge in [-0.15, -0.1) is 6.42 Å². The van der Waals surface area contributed by atoms with E-state index in [9.17, 15) is 9.18 Å². The summed E-state index contributed by atoms with van der Waals surface area (Å²) < 4.78 is 17.8. The summed E-state index contributed by atoms with van der Waals surface area (Å²) in [6.45, 7) is -0.104. The SMILES string of the molecule is C#CCOc1cc(F)cc(C(=O)O)c1N. The van der Waals surface area contributed by atoms with E-state index in [0.717, 1.165) is 12.1 Å². The molecule has 1 aromatic rings. The number of rotatable bonds is 3. The number of nitrogens with two attached hydrogens (primary N) is 1. The van der Waals surface area contributed by atoms with Gasteiger partial charge in [0.15, 0.2) is 0 Å². The smallest absolute Gasteiger partial charge is 0.338 e. The molecular formula is C10H8FNO3. The van der Waals surface area contributed by atoms with Gasteiger partial charge in [0.05, 0.1) is 11.3 Å². The van der Waals surface area contributed by atoms with Crippen LogP contribution in [0.4, 0.5) is 10.1 Å². The Hall–Kier alpha value is -2.22. The van der Waals surface area contributed by atoms with E-state index < -0.39 is 11.8 Å². The van der Waals surface area contributed by atoms with Crippen LogP contribution in [0, 0.1) is 18.2 Å². The summed E-state index contributed by atoms with van der Waals surface area (Å²) >= 11 is 0. The minimum atomic E-state index is -1.32. The van der Waals surface area contributed by atoms with Gasteiger partial charge in [0.2, 0.25) is 0 Å². The Kier molecular flexibility index (Phi) is 3.13. The maximum atomic E-state index is 12.9. The molecule has 5 heteroatoms. The third kappa shape index (κ3) is 2.38. The Morgan fingerprint density at radius 2 is 2.33 bits per heavy atom. The first kappa shape index (κ1) is 10.9. The average Bonchev–Trinajstić information content (AvgIpc) is 2.18. The molecule has 0 atom stereocenters. The maximum absolute atomic E-state index is 12.9. The molecule has 3 N–H and O–H groups in total. The van der Waals surface area contributed by atoms with Crippen LogP contribution in [0.15, 0.2) is 12.1 Å². The molecule has 1 aromatic carbocycles. The molecule has 0 amide bonds. The lowest BCUT2D eigenvalue weighted by atomic mass is 10.1. The summed E-state index contributed by atoms with van der Waals surface area (Å²) in [4.78, 5) is 10.7. The maximum Gasteiger partial charge on any atom is 0.338 e. The zero-order valence-electron chi connectivity index (χ0n) is 7.66. The number of ether oxygens (including phenoxy) is 1. The second-order valence-corrected chi connectivity index (χ2v) is 2.66. The van der Waals surface area contributed by atoms with Crippen molar-refractivity contribution in [2.45, 2.75) is 0 Å². The average molecular weight is 209 g/mol. The number of terminal acetylenes is 1. The van der Waals surface area contributed by atoms with E-state index >= 15 is 0 Å². The highest BCUT2D eigenvalue weighted by Gasteiger charge is 2.14. The lowest BCUT2D eigenvalue weighted by molar-refractivity contribution is 0.0697. The minimum absolute atomic E-state index is 0.0645. The van der Waals surface area contributed by atoms with Crippen LogP contribution >= 0.6 is 0 Å². The van der Waals surface area contributed by atoms with E-state index in [2.05, 4.69) is 5.92 Å². The zero-order chi connectivity index (χ0) is 11.4. The quantitative estimate of drug-likeness (QED) is 0.578.